The number of nitrogens with zero attached hydrogens (tertiary/aromatic N) is 1. The van der Waals surface area contributed by atoms with Crippen molar-refractivity contribution in [3.8, 4) is 0 Å². The first-order valence-electron chi connectivity index (χ1n) is 5.07. The number of carbonyl (C=O) groups is 1. The van der Waals surface area contributed by atoms with E-state index in [4.69, 9.17) is 5.11 Å². The van der Waals surface area contributed by atoms with Crippen LogP contribution in [0.25, 0.3) is 0 Å². The summed E-state index contributed by atoms with van der Waals surface area (Å²) in [5, 5.41) is 9.10. The summed E-state index contributed by atoms with van der Waals surface area (Å²) in [6.45, 7) is 4.59. The highest BCUT2D eigenvalue weighted by Crippen LogP contribution is 2.27. The van der Waals surface area contributed by atoms with Crippen LogP contribution in [-0.4, -0.2) is 35.6 Å². The fourth-order valence-corrected chi connectivity index (χ4v) is 1.68. The molecule has 3 heteroatoms. The van der Waals surface area contributed by atoms with Crippen molar-refractivity contribution in [1.82, 2.24) is 4.90 Å². The van der Waals surface area contributed by atoms with Crippen LogP contribution in [0.2, 0.25) is 0 Å². The molecule has 1 aliphatic rings. The molecular formula is C11H19NO2. The summed E-state index contributed by atoms with van der Waals surface area (Å²) in [5.41, 5.74) is 1.02. The van der Waals surface area contributed by atoms with Gasteiger partial charge in [-0.1, -0.05) is 5.57 Å². The minimum atomic E-state index is -0.132. The highest BCUT2D eigenvalue weighted by Gasteiger charge is 2.28. The molecule has 0 radical (unpaired) electrons. The second-order valence-electron chi connectivity index (χ2n) is 4.43. The first-order chi connectivity index (χ1) is 6.49. The van der Waals surface area contributed by atoms with Crippen LogP contribution in [0.1, 0.15) is 26.7 Å². The highest BCUT2D eigenvalue weighted by atomic mass is 16.3. The number of amides is 1. The van der Waals surface area contributed by atoms with Gasteiger partial charge in [-0.25, -0.2) is 0 Å². The predicted molar refractivity (Wildman–Crippen MR) is 55.8 cm³/mol. The zero-order valence-electron chi connectivity index (χ0n) is 9.16. The predicted octanol–water partition coefficient (Wildman–Crippen LogP) is 1.18. The van der Waals surface area contributed by atoms with Crippen LogP contribution in [-0.2, 0) is 4.79 Å². The summed E-state index contributed by atoms with van der Waals surface area (Å²) in [7, 11) is 1.81. The summed E-state index contributed by atoms with van der Waals surface area (Å²) in [6.07, 6.45) is 3.19. The number of hydrogen-bond acceptors (Lipinski definition) is 2. The first kappa shape index (κ1) is 11.2. The molecule has 0 spiro atoms. The van der Waals surface area contributed by atoms with Crippen molar-refractivity contribution >= 4 is 5.91 Å². The Morgan fingerprint density at radius 2 is 2.07 bits per heavy atom. The Hall–Kier alpha value is -0.830. The van der Waals surface area contributed by atoms with Crippen LogP contribution in [0.3, 0.4) is 0 Å². The van der Waals surface area contributed by atoms with E-state index in [1.165, 1.54) is 0 Å². The Morgan fingerprint density at radius 3 is 2.50 bits per heavy atom. The fraction of sp³-hybridized carbons (Fsp3) is 0.727. The van der Waals surface area contributed by atoms with Gasteiger partial charge in [-0.15, -0.1) is 0 Å². The van der Waals surface area contributed by atoms with E-state index in [0.29, 0.717) is 5.92 Å². The molecule has 0 aromatic heterocycles. The molecule has 0 aromatic rings. The fourth-order valence-electron chi connectivity index (χ4n) is 1.68. The van der Waals surface area contributed by atoms with E-state index in [-0.39, 0.29) is 12.0 Å². The number of rotatable bonds is 3. The molecule has 1 amide bonds. The molecule has 0 unspecified atom stereocenters. The molecule has 1 saturated carbocycles. The molecule has 80 valence electrons. The average Bonchev–Trinajstić information content (AvgIpc) is 2.00. The molecule has 0 aliphatic heterocycles. The van der Waals surface area contributed by atoms with Crippen molar-refractivity contribution in [2.75, 3.05) is 13.6 Å². The van der Waals surface area contributed by atoms with Crippen molar-refractivity contribution in [3.63, 3.8) is 0 Å². The van der Waals surface area contributed by atoms with Gasteiger partial charge in [0, 0.05) is 19.7 Å². The number of aliphatic hydroxyl groups is 1. The van der Waals surface area contributed by atoms with Crippen LogP contribution >= 0.6 is 0 Å². The maximum atomic E-state index is 11.5. The topological polar surface area (TPSA) is 40.5 Å². The van der Waals surface area contributed by atoms with Gasteiger partial charge in [-0.05, 0) is 32.6 Å². The standard InChI is InChI=1S/C11H19NO2/c1-8(2)4-11(14)12(3)7-9-5-10(13)6-9/h4,9-10,13H,5-7H2,1-3H3. The number of allylic oxidation sites excluding steroid dienone is 1. The second kappa shape index (κ2) is 4.60. The third-order valence-corrected chi connectivity index (χ3v) is 2.53. The lowest BCUT2D eigenvalue weighted by atomic mass is 9.82. The Morgan fingerprint density at radius 1 is 1.50 bits per heavy atom. The molecule has 0 saturated heterocycles. The Kier molecular flexibility index (Phi) is 3.69. The minimum Gasteiger partial charge on any atom is -0.393 e. The van der Waals surface area contributed by atoms with Crippen LogP contribution in [0, 0.1) is 5.92 Å². The maximum Gasteiger partial charge on any atom is 0.246 e. The van der Waals surface area contributed by atoms with Crippen molar-refractivity contribution in [1.29, 1.82) is 0 Å². The molecule has 3 nitrogen and oxygen atoms in total. The van der Waals surface area contributed by atoms with Gasteiger partial charge in [0.1, 0.15) is 0 Å². The van der Waals surface area contributed by atoms with Crippen molar-refractivity contribution in [3.05, 3.63) is 11.6 Å². The lowest BCUT2D eigenvalue weighted by molar-refractivity contribution is -0.126. The van der Waals surface area contributed by atoms with Crippen LogP contribution in [0.5, 0.6) is 0 Å². The largest absolute Gasteiger partial charge is 0.393 e. The van der Waals surface area contributed by atoms with Crippen molar-refractivity contribution in [2.45, 2.75) is 32.8 Å². The van der Waals surface area contributed by atoms with Gasteiger partial charge in [-0.3, -0.25) is 4.79 Å². The number of carbonyl (C=O) groups excluding carboxylic acids is 1. The summed E-state index contributed by atoms with van der Waals surface area (Å²) < 4.78 is 0. The van der Waals surface area contributed by atoms with Gasteiger partial charge >= 0.3 is 0 Å². The molecule has 0 aromatic carbocycles. The Bertz CT molecular complexity index is 238. The van der Waals surface area contributed by atoms with Gasteiger partial charge in [0.2, 0.25) is 5.91 Å². The zero-order valence-corrected chi connectivity index (χ0v) is 9.16. The highest BCUT2D eigenvalue weighted by molar-refractivity contribution is 5.87. The van der Waals surface area contributed by atoms with Crippen molar-refractivity contribution in [2.24, 2.45) is 5.92 Å². The molecule has 1 aliphatic carbocycles. The Labute approximate surface area is 85.4 Å². The molecular weight excluding hydrogens is 178 g/mol. The Balaban J connectivity index is 2.31. The molecule has 14 heavy (non-hydrogen) atoms. The van der Waals surface area contributed by atoms with Crippen molar-refractivity contribution < 1.29 is 9.90 Å². The zero-order chi connectivity index (χ0) is 10.7. The second-order valence-corrected chi connectivity index (χ2v) is 4.43. The number of hydrogen-bond donors (Lipinski definition) is 1. The van der Waals surface area contributed by atoms with Crippen LogP contribution in [0.15, 0.2) is 11.6 Å². The van der Waals surface area contributed by atoms with E-state index in [1.807, 2.05) is 20.9 Å². The molecule has 1 fully saturated rings. The number of aliphatic hydroxyl groups excluding tert-OH is 1. The average molecular weight is 197 g/mol. The quantitative estimate of drug-likeness (QED) is 0.690. The monoisotopic (exact) mass is 197 g/mol. The normalized spacial score (nSPS) is 25.1. The van der Waals surface area contributed by atoms with Crippen LogP contribution < -0.4 is 0 Å². The van der Waals surface area contributed by atoms with E-state index in [2.05, 4.69) is 0 Å². The molecule has 0 atom stereocenters. The van der Waals surface area contributed by atoms with E-state index < -0.39 is 0 Å². The molecule has 0 heterocycles. The van der Waals surface area contributed by atoms with Gasteiger partial charge in [-0.2, -0.15) is 0 Å². The summed E-state index contributed by atoms with van der Waals surface area (Å²) in [5.74, 6) is 0.552. The summed E-state index contributed by atoms with van der Waals surface area (Å²) >= 11 is 0. The smallest absolute Gasteiger partial charge is 0.246 e. The van der Waals surface area contributed by atoms with E-state index >= 15 is 0 Å². The number of likely N-dealkylation sites (N-methyl/N-ethyl adjacent to an activating group) is 1. The lowest BCUT2D eigenvalue weighted by Gasteiger charge is -2.34. The maximum absolute atomic E-state index is 11.5. The van der Waals surface area contributed by atoms with Crippen LogP contribution in [0.4, 0.5) is 0 Å². The molecule has 1 N–H and O–H groups in total. The lowest BCUT2D eigenvalue weighted by Crippen LogP contribution is -2.39. The van der Waals surface area contributed by atoms with E-state index in [0.717, 1.165) is 25.0 Å². The molecule has 1 rings (SSSR count). The summed E-state index contributed by atoms with van der Waals surface area (Å²) in [6, 6.07) is 0. The SMILES string of the molecule is CC(C)=CC(=O)N(C)CC1CC(O)C1. The third kappa shape index (κ3) is 3.14. The van der Waals surface area contributed by atoms with E-state index in [9.17, 15) is 4.79 Å². The van der Waals surface area contributed by atoms with Gasteiger partial charge in [0.15, 0.2) is 0 Å². The first-order valence-corrected chi connectivity index (χ1v) is 5.07. The summed E-state index contributed by atoms with van der Waals surface area (Å²) in [4.78, 5) is 13.2. The van der Waals surface area contributed by atoms with Gasteiger partial charge < -0.3 is 10.0 Å². The van der Waals surface area contributed by atoms with E-state index in [1.54, 1.807) is 11.0 Å². The van der Waals surface area contributed by atoms with Gasteiger partial charge in [0.05, 0.1) is 6.10 Å². The minimum absolute atomic E-state index is 0.0615. The molecule has 0 bridgehead atoms. The van der Waals surface area contributed by atoms with Gasteiger partial charge in [0.25, 0.3) is 0 Å². The third-order valence-electron chi connectivity index (χ3n) is 2.53.